The van der Waals surface area contributed by atoms with Crippen LogP contribution in [0.5, 0.6) is 11.5 Å². The second-order valence-corrected chi connectivity index (χ2v) is 4.88. The summed E-state index contributed by atoms with van der Waals surface area (Å²) in [6.07, 6.45) is 2.43. The Bertz CT molecular complexity index is 403. The number of piperidine rings is 1. The molecule has 0 aromatic heterocycles. The quantitative estimate of drug-likeness (QED) is 0.846. The normalized spacial score (nSPS) is 19.8. The van der Waals surface area contributed by atoms with Crippen molar-refractivity contribution in [2.24, 2.45) is 0 Å². The van der Waals surface area contributed by atoms with Gasteiger partial charge in [0.05, 0.1) is 0 Å². The minimum absolute atomic E-state index is 0.638. The van der Waals surface area contributed by atoms with E-state index in [1.807, 2.05) is 6.07 Å². The second-order valence-electron chi connectivity index (χ2n) is 4.88. The highest BCUT2D eigenvalue weighted by Crippen LogP contribution is 2.30. The first-order valence-electron chi connectivity index (χ1n) is 6.74. The number of fused-ring (bicyclic) bond motifs is 1. The van der Waals surface area contributed by atoms with E-state index in [4.69, 9.17) is 9.47 Å². The minimum atomic E-state index is 0.638. The van der Waals surface area contributed by atoms with E-state index < -0.39 is 0 Å². The fraction of sp³-hybridized carbons (Fsp3) is 0.571. The fourth-order valence-corrected chi connectivity index (χ4v) is 2.49. The molecule has 0 aliphatic carbocycles. The molecule has 4 heteroatoms. The SMILES string of the molecule is c1cc2c(cc1CNC1CCNCC1)OCCO2. The molecule has 1 fully saturated rings. The summed E-state index contributed by atoms with van der Waals surface area (Å²) in [7, 11) is 0. The lowest BCUT2D eigenvalue weighted by atomic mass is 10.1. The highest BCUT2D eigenvalue weighted by molar-refractivity contribution is 5.43. The first kappa shape index (κ1) is 11.8. The van der Waals surface area contributed by atoms with Gasteiger partial charge in [-0.15, -0.1) is 0 Å². The Labute approximate surface area is 108 Å². The third-order valence-electron chi connectivity index (χ3n) is 3.54. The molecule has 0 spiro atoms. The van der Waals surface area contributed by atoms with Crippen molar-refractivity contribution < 1.29 is 9.47 Å². The van der Waals surface area contributed by atoms with E-state index in [9.17, 15) is 0 Å². The number of rotatable bonds is 3. The largest absolute Gasteiger partial charge is 0.486 e. The van der Waals surface area contributed by atoms with E-state index in [0.717, 1.165) is 31.1 Å². The van der Waals surface area contributed by atoms with Crippen molar-refractivity contribution >= 4 is 0 Å². The van der Waals surface area contributed by atoms with Crippen LogP contribution in [0.4, 0.5) is 0 Å². The van der Waals surface area contributed by atoms with Gasteiger partial charge in [0.1, 0.15) is 13.2 Å². The first-order valence-corrected chi connectivity index (χ1v) is 6.74. The lowest BCUT2D eigenvalue weighted by Gasteiger charge is -2.24. The van der Waals surface area contributed by atoms with Crippen LogP contribution in [0.3, 0.4) is 0 Å². The molecular weight excluding hydrogens is 228 g/mol. The van der Waals surface area contributed by atoms with Gasteiger partial charge in [0.15, 0.2) is 11.5 Å². The van der Waals surface area contributed by atoms with E-state index >= 15 is 0 Å². The molecule has 0 radical (unpaired) electrons. The van der Waals surface area contributed by atoms with Gasteiger partial charge >= 0.3 is 0 Å². The zero-order valence-electron chi connectivity index (χ0n) is 10.6. The van der Waals surface area contributed by atoms with Crippen molar-refractivity contribution in [1.82, 2.24) is 10.6 Å². The maximum absolute atomic E-state index is 5.59. The van der Waals surface area contributed by atoms with Crippen molar-refractivity contribution in [3.8, 4) is 11.5 Å². The van der Waals surface area contributed by atoms with Gasteiger partial charge in [0.25, 0.3) is 0 Å². The summed E-state index contributed by atoms with van der Waals surface area (Å²) in [4.78, 5) is 0. The molecular formula is C14H20N2O2. The van der Waals surface area contributed by atoms with Crippen molar-refractivity contribution in [1.29, 1.82) is 0 Å². The lowest BCUT2D eigenvalue weighted by molar-refractivity contribution is 0.171. The van der Waals surface area contributed by atoms with Crippen molar-refractivity contribution in [2.75, 3.05) is 26.3 Å². The molecule has 1 saturated heterocycles. The van der Waals surface area contributed by atoms with Crippen LogP contribution in [0, 0.1) is 0 Å². The molecule has 0 amide bonds. The van der Waals surface area contributed by atoms with Crippen LogP contribution in [0.2, 0.25) is 0 Å². The summed E-state index contributed by atoms with van der Waals surface area (Å²) >= 11 is 0. The van der Waals surface area contributed by atoms with E-state index in [2.05, 4.69) is 22.8 Å². The zero-order chi connectivity index (χ0) is 12.2. The molecule has 98 valence electrons. The first-order chi connectivity index (χ1) is 8.92. The Morgan fingerprint density at radius 3 is 2.72 bits per heavy atom. The molecule has 2 heterocycles. The number of hydrogen-bond acceptors (Lipinski definition) is 4. The van der Waals surface area contributed by atoms with Gasteiger partial charge in [-0.25, -0.2) is 0 Å². The van der Waals surface area contributed by atoms with Crippen molar-refractivity contribution in [3.63, 3.8) is 0 Å². The molecule has 2 aliphatic heterocycles. The predicted octanol–water partition coefficient (Wildman–Crippen LogP) is 1.30. The van der Waals surface area contributed by atoms with E-state index in [1.165, 1.54) is 18.4 Å². The van der Waals surface area contributed by atoms with Crippen LogP contribution in [0.1, 0.15) is 18.4 Å². The summed E-state index contributed by atoms with van der Waals surface area (Å²) in [5, 5.41) is 6.99. The zero-order valence-corrected chi connectivity index (χ0v) is 10.6. The Kier molecular flexibility index (Phi) is 3.67. The Morgan fingerprint density at radius 1 is 1.11 bits per heavy atom. The monoisotopic (exact) mass is 248 g/mol. The molecule has 2 aliphatic rings. The summed E-state index contributed by atoms with van der Waals surface area (Å²) in [5.74, 6) is 1.75. The van der Waals surface area contributed by atoms with Crippen LogP contribution in [0.15, 0.2) is 18.2 Å². The lowest BCUT2D eigenvalue weighted by Crippen LogP contribution is -2.39. The van der Waals surface area contributed by atoms with E-state index in [-0.39, 0.29) is 0 Å². The number of nitrogens with one attached hydrogen (secondary N) is 2. The van der Waals surface area contributed by atoms with Gasteiger partial charge in [-0.05, 0) is 43.6 Å². The number of ether oxygens (including phenoxy) is 2. The van der Waals surface area contributed by atoms with Gasteiger partial charge in [-0.1, -0.05) is 6.07 Å². The molecule has 0 saturated carbocycles. The maximum Gasteiger partial charge on any atom is 0.161 e. The topological polar surface area (TPSA) is 42.5 Å². The fourth-order valence-electron chi connectivity index (χ4n) is 2.49. The van der Waals surface area contributed by atoms with Gasteiger partial charge in [0, 0.05) is 12.6 Å². The van der Waals surface area contributed by atoms with Gasteiger partial charge in [-0.3, -0.25) is 0 Å². The molecule has 18 heavy (non-hydrogen) atoms. The van der Waals surface area contributed by atoms with Crippen LogP contribution >= 0.6 is 0 Å². The van der Waals surface area contributed by atoms with Crippen molar-refractivity contribution in [2.45, 2.75) is 25.4 Å². The molecule has 0 unspecified atom stereocenters. The molecule has 2 N–H and O–H groups in total. The summed E-state index contributed by atoms with van der Waals surface area (Å²) in [6, 6.07) is 6.84. The number of benzene rings is 1. The standard InChI is InChI=1S/C14H20N2O2/c1-2-13-14(18-8-7-17-13)9-11(1)10-16-12-3-5-15-6-4-12/h1-2,9,12,15-16H,3-8,10H2. The molecule has 3 rings (SSSR count). The molecule has 0 bridgehead atoms. The molecule has 4 nitrogen and oxygen atoms in total. The van der Waals surface area contributed by atoms with Crippen LogP contribution < -0.4 is 20.1 Å². The van der Waals surface area contributed by atoms with Crippen molar-refractivity contribution in [3.05, 3.63) is 23.8 Å². The van der Waals surface area contributed by atoms with Gasteiger partial charge < -0.3 is 20.1 Å². The number of hydrogen-bond donors (Lipinski definition) is 2. The smallest absolute Gasteiger partial charge is 0.161 e. The van der Waals surface area contributed by atoms with E-state index in [0.29, 0.717) is 19.3 Å². The molecule has 0 atom stereocenters. The Balaban J connectivity index is 1.58. The van der Waals surface area contributed by atoms with Gasteiger partial charge in [-0.2, -0.15) is 0 Å². The van der Waals surface area contributed by atoms with E-state index in [1.54, 1.807) is 0 Å². The Morgan fingerprint density at radius 2 is 1.89 bits per heavy atom. The highest BCUT2D eigenvalue weighted by atomic mass is 16.6. The molecule has 1 aromatic rings. The van der Waals surface area contributed by atoms with Crippen LogP contribution in [-0.4, -0.2) is 32.3 Å². The minimum Gasteiger partial charge on any atom is -0.486 e. The Hall–Kier alpha value is -1.26. The van der Waals surface area contributed by atoms with Crippen LogP contribution in [0.25, 0.3) is 0 Å². The second kappa shape index (κ2) is 5.59. The maximum atomic E-state index is 5.59. The predicted molar refractivity (Wildman–Crippen MR) is 70.2 cm³/mol. The average molecular weight is 248 g/mol. The average Bonchev–Trinajstić information content (AvgIpc) is 2.46. The third kappa shape index (κ3) is 2.76. The summed E-state index contributed by atoms with van der Waals surface area (Å²) in [5.41, 5.74) is 1.26. The highest BCUT2D eigenvalue weighted by Gasteiger charge is 2.14. The van der Waals surface area contributed by atoms with Crippen LogP contribution in [-0.2, 0) is 6.54 Å². The third-order valence-corrected chi connectivity index (χ3v) is 3.54. The molecule has 1 aromatic carbocycles. The summed E-state index contributed by atoms with van der Waals surface area (Å²) in [6.45, 7) is 4.46. The van der Waals surface area contributed by atoms with Gasteiger partial charge in [0.2, 0.25) is 0 Å². The summed E-state index contributed by atoms with van der Waals surface area (Å²) < 4.78 is 11.1.